The lowest BCUT2D eigenvalue weighted by molar-refractivity contribution is 0.389. The van der Waals surface area contributed by atoms with Gasteiger partial charge in [-0.25, -0.2) is 13.1 Å². The summed E-state index contributed by atoms with van der Waals surface area (Å²) in [5.41, 5.74) is 0.481. The Kier molecular flexibility index (Phi) is 3.71. The van der Waals surface area contributed by atoms with Crippen LogP contribution in [0.5, 0.6) is 11.5 Å². The lowest BCUT2D eigenvalue weighted by atomic mass is 10.2. The molecule has 1 N–H and O–H groups in total. The van der Waals surface area contributed by atoms with Crippen molar-refractivity contribution in [1.82, 2.24) is 24.9 Å². The number of rotatable bonds is 6. The molecule has 3 rings (SSSR count). The van der Waals surface area contributed by atoms with E-state index in [1.807, 2.05) is 0 Å². The summed E-state index contributed by atoms with van der Waals surface area (Å²) in [5, 5.41) is 10.9. The van der Waals surface area contributed by atoms with E-state index in [1.165, 1.54) is 37.4 Å². The van der Waals surface area contributed by atoms with Crippen LogP contribution >= 0.6 is 0 Å². The largest absolute Gasteiger partial charge is 0.495 e. The third kappa shape index (κ3) is 2.74. The van der Waals surface area contributed by atoms with E-state index < -0.39 is 10.0 Å². The highest BCUT2D eigenvalue weighted by molar-refractivity contribution is 7.89. The predicted octanol–water partition coefficient (Wildman–Crippen LogP) is 0.120. The second kappa shape index (κ2) is 5.54. The van der Waals surface area contributed by atoms with Crippen molar-refractivity contribution in [2.24, 2.45) is 0 Å². The summed E-state index contributed by atoms with van der Waals surface area (Å²) in [6.07, 6.45) is 3.08. The first kappa shape index (κ1) is 14.7. The number of benzene rings is 1. The fourth-order valence-electron chi connectivity index (χ4n) is 2.00. The standard InChI is InChI=1S/C12H15N5O4S/c1-20-10-6-12(22(18,19)14-8-3-4-8)11(21-2)5-9(10)17-7-13-15-16-17/h5-8,14H,3-4H2,1-2H3. The number of nitrogens with one attached hydrogen (secondary N) is 1. The average Bonchev–Trinajstić information content (AvgIpc) is 3.14. The number of hydrogen-bond acceptors (Lipinski definition) is 7. The minimum Gasteiger partial charge on any atom is -0.495 e. The van der Waals surface area contributed by atoms with Crippen LogP contribution in [-0.2, 0) is 10.0 Å². The summed E-state index contributed by atoms with van der Waals surface area (Å²) in [4.78, 5) is 0.0237. The van der Waals surface area contributed by atoms with E-state index in [2.05, 4.69) is 20.2 Å². The smallest absolute Gasteiger partial charge is 0.244 e. The number of sulfonamides is 1. The first-order valence-corrected chi connectivity index (χ1v) is 8.05. The molecule has 118 valence electrons. The molecule has 0 atom stereocenters. The van der Waals surface area contributed by atoms with Gasteiger partial charge in [-0.05, 0) is 23.3 Å². The topological polar surface area (TPSA) is 108 Å². The van der Waals surface area contributed by atoms with Crippen molar-refractivity contribution >= 4 is 10.0 Å². The molecule has 0 unspecified atom stereocenters. The zero-order valence-corrected chi connectivity index (χ0v) is 12.9. The van der Waals surface area contributed by atoms with E-state index >= 15 is 0 Å². The Bertz CT molecular complexity index is 771. The van der Waals surface area contributed by atoms with Crippen LogP contribution in [0.3, 0.4) is 0 Å². The van der Waals surface area contributed by atoms with Gasteiger partial charge in [0.05, 0.1) is 14.2 Å². The Hall–Kier alpha value is -2.20. The van der Waals surface area contributed by atoms with E-state index in [0.29, 0.717) is 11.4 Å². The summed E-state index contributed by atoms with van der Waals surface area (Å²) < 4.78 is 39.3. The first-order chi connectivity index (χ1) is 10.5. The Morgan fingerprint density at radius 2 is 1.95 bits per heavy atom. The molecule has 22 heavy (non-hydrogen) atoms. The second-order valence-electron chi connectivity index (χ2n) is 4.82. The normalized spacial score (nSPS) is 14.8. The van der Waals surface area contributed by atoms with Crippen molar-refractivity contribution < 1.29 is 17.9 Å². The molecule has 1 aliphatic carbocycles. The van der Waals surface area contributed by atoms with E-state index in [9.17, 15) is 8.42 Å². The van der Waals surface area contributed by atoms with Gasteiger partial charge in [0.2, 0.25) is 10.0 Å². The molecule has 0 spiro atoms. The fraction of sp³-hybridized carbons (Fsp3) is 0.417. The number of ether oxygens (including phenoxy) is 2. The third-order valence-corrected chi connectivity index (χ3v) is 4.79. The fourth-order valence-corrected chi connectivity index (χ4v) is 3.47. The molecule has 0 aliphatic heterocycles. The van der Waals surface area contributed by atoms with Gasteiger partial charge in [-0.3, -0.25) is 0 Å². The van der Waals surface area contributed by atoms with Crippen molar-refractivity contribution in [3.63, 3.8) is 0 Å². The van der Waals surface area contributed by atoms with Gasteiger partial charge in [-0.1, -0.05) is 0 Å². The zero-order valence-electron chi connectivity index (χ0n) is 12.1. The summed E-state index contributed by atoms with van der Waals surface area (Å²) >= 11 is 0. The molecule has 0 amide bonds. The van der Waals surface area contributed by atoms with Crippen LogP contribution in [0.25, 0.3) is 5.69 Å². The van der Waals surface area contributed by atoms with Gasteiger partial charge >= 0.3 is 0 Å². The molecule has 1 fully saturated rings. The van der Waals surface area contributed by atoms with Gasteiger partial charge in [0.25, 0.3) is 0 Å². The molecule has 1 heterocycles. The van der Waals surface area contributed by atoms with Crippen molar-refractivity contribution in [2.75, 3.05) is 14.2 Å². The Labute approximate surface area is 127 Å². The van der Waals surface area contributed by atoms with Gasteiger partial charge in [0.15, 0.2) is 0 Å². The maximum atomic E-state index is 12.4. The number of methoxy groups -OCH3 is 2. The molecule has 1 aromatic heterocycles. The van der Waals surface area contributed by atoms with E-state index in [4.69, 9.17) is 9.47 Å². The molecule has 9 nitrogen and oxygen atoms in total. The van der Waals surface area contributed by atoms with Crippen LogP contribution in [0, 0.1) is 0 Å². The van der Waals surface area contributed by atoms with Crippen molar-refractivity contribution in [1.29, 1.82) is 0 Å². The van der Waals surface area contributed by atoms with Crippen LogP contribution in [0.2, 0.25) is 0 Å². The van der Waals surface area contributed by atoms with E-state index in [-0.39, 0.29) is 16.7 Å². The number of nitrogens with zero attached hydrogens (tertiary/aromatic N) is 4. The highest BCUT2D eigenvalue weighted by atomic mass is 32.2. The van der Waals surface area contributed by atoms with Crippen molar-refractivity contribution in [3.8, 4) is 17.2 Å². The van der Waals surface area contributed by atoms with Crippen LogP contribution in [-0.4, -0.2) is 48.9 Å². The first-order valence-electron chi connectivity index (χ1n) is 6.57. The quantitative estimate of drug-likeness (QED) is 0.803. The summed E-state index contributed by atoms with van der Waals surface area (Å²) in [6.45, 7) is 0. The highest BCUT2D eigenvalue weighted by Gasteiger charge is 2.31. The Morgan fingerprint density at radius 3 is 2.50 bits per heavy atom. The van der Waals surface area contributed by atoms with Crippen LogP contribution in [0.15, 0.2) is 23.4 Å². The molecule has 2 aromatic rings. The maximum Gasteiger partial charge on any atom is 0.244 e. The molecule has 1 saturated carbocycles. The highest BCUT2D eigenvalue weighted by Crippen LogP contribution is 2.34. The van der Waals surface area contributed by atoms with Gasteiger partial charge in [0, 0.05) is 18.2 Å². The van der Waals surface area contributed by atoms with Crippen molar-refractivity contribution in [2.45, 2.75) is 23.8 Å². The van der Waals surface area contributed by atoms with Crippen LogP contribution < -0.4 is 14.2 Å². The monoisotopic (exact) mass is 325 g/mol. The average molecular weight is 325 g/mol. The molecular formula is C12H15N5O4S. The molecule has 0 radical (unpaired) electrons. The number of tetrazole rings is 1. The van der Waals surface area contributed by atoms with Gasteiger partial charge in [0.1, 0.15) is 28.4 Å². The number of aromatic nitrogens is 4. The van der Waals surface area contributed by atoms with Crippen molar-refractivity contribution in [3.05, 3.63) is 18.5 Å². The predicted molar refractivity (Wildman–Crippen MR) is 75.6 cm³/mol. The van der Waals surface area contributed by atoms with Gasteiger partial charge in [-0.15, -0.1) is 5.10 Å². The molecular weight excluding hydrogens is 310 g/mol. The maximum absolute atomic E-state index is 12.4. The zero-order chi connectivity index (χ0) is 15.7. The molecule has 10 heteroatoms. The SMILES string of the molecule is COc1cc(S(=O)(=O)NC2CC2)c(OC)cc1-n1cnnn1. The van der Waals surface area contributed by atoms with E-state index in [1.54, 1.807) is 0 Å². The number of hydrogen-bond donors (Lipinski definition) is 1. The third-order valence-electron chi connectivity index (χ3n) is 3.25. The summed E-state index contributed by atoms with van der Waals surface area (Å²) in [5.74, 6) is 0.517. The summed E-state index contributed by atoms with van der Waals surface area (Å²) in [7, 11) is -0.825. The molecule has 1 aliphatic rings. The lowest BCUT2D eigenvalue weighted by Crippen LogP contribution is -2.26. The molecule has 0 saturated heterocycles. The molecule has 1 aromatic carbocycles. The second-order valence-corrected chi connectivity index (χ2v) is 6.51. The van der Waals surface area contributed by atoms with Gasteiger partial charge < -0.3 is 9.47 Å². The van der Waals surface area contributed by atoms with Crippen LogP contribution in [0.4, 0.5) is 0 Å². The summed E-state index contributed by atoms with van der Waals surface area (Å²) in [6, 6.07) is 2.93. The van der Waals surface area contributed by atoms with E-state index in [0.717, 1.165) is 12.8 Å². The molecule has 0 bridgehead atoms. The minimum absolute atomic E-state index is 0.0000991. The van der Waals surface area contributed by atoms with Crippen LogP contribution in [0.1, 0.15) is 12.8 Å². The Balaban J connectivity index is 2.11. The van der Waals surface area contributed by atoms with Gasteiger partial charge in [-0.2, -0.15) is 4.68 Å². The Morgan fingerprint density at radius 1 is 1.23 bits per heavy atom. The lowest BCUT2D eigenvalue weighted by Gasteiger charge is -2.14. The minimum atomic E-state index is -3.67.